The lowest BCUT2D eigenvalue weighted by Crippen LogP contribution is -2.18. The number of fused-ring (bicyclic) bond motifs is 1. The summed E-state index contributed by atoms with van der Waals surface area (Å²) in [6.07, 6.45) is 9.22. The molecular weight excluding hydrogens is 314 g/mol. The highest BCUT2D eigenvalue weighted by molar-refractivity contribution is 8.01. The second kappa shape index (κ2) is 6.62. The predicted octanol–water partition coefficient (Wildman–Crippen LogP) is 4.14. The number of hydrogen-bond acceptors (Lipinski definition) is 5. The molecule has 0 aromatic carbocycles. The van der Waals surface area contributed by atoms with Gasteiger partial charge in [-0.1, -0.05) is 32.1 Å². The molecule has 1 saturated carbocycles. The van der Waals surface area contributed by atoms with Crippen LogP contribution in [0.5, 0.6) is 0 Å². The molecule has 2 aliphatic heterocycles. The van der Waals surface area contributed by atoms with Crippen molar-refractivity contribution in [2.45, 2.75) is 68.3 Å². The number of hydrogen-bond donors (Lipinski definition) is 1. The number of aromatic nitrogens is 2. The van der Waals surface area contributed by atoms with Crippen molar-refractivity contribution in [2.24, 2.45) is 0 Å². The van der Waals surface area contributed by atoms with Gasteiger partial charge in [0, 0.05) is 15.8 Å². The minimum atomic E-state index is -0.250. The Balaban J connectivity index is 1.95. The fourth-order valence-electron chi connectivity index (χ4n) is 3.11. The summed E-state index contributed by atoms with van der Waals surface area (Å²) in [5.41, 5.74) is 7.55. The van der Waals surface area contributed by atoms with Crippen LogP contribution in [0, 0.1) is 13.8 Å². The zero-order valence-electron chi connectivity index (χ0n) is 13.2. The highest BCUT2D eigenvalue weighted by Crippen LogP contribution is 2.41. The molecule has 1 aliphatic carbocycles. The van der Waals surface area contributed by atoms with Crippen molar-refractivity contribution in [3.8, 4) is 5.69 Å². The van der Waals surface area contributed by atoms with Crippen LogP contribution in [0.3, 0.4) is 0 Å². The van der Waals surface area contributed by atoms with Crippen molar-refractivity contribution in [3.63, 3.8) is 0 Å². The van der Waals surface area contributed by atoms with Crippen LogP contribution >= 0.6 is 23.1 Å². The van der Waals surface area contributed by atoms with Crippen LogP contribution in [0.1, 0.15) is 55.5 Å². The Morgan fingerprint density at radius 3 is 2.50 bits per heavy atom. The zero-order chi connectivity index (χ0) is 15.7. The summed E-state index contributed by atoms with van der Waals surface area (Å²) < 4.78 is 2.84. The molecule has 0 atom stereocenters. The Hall–Kier alpha value is -1.01. The molecule has 2 N–H and O–H groups in total. The first kappa shape index (κ1) is 15.9. The van der Waals surface area contributed by atoms with Crippen LogP contribution < -0.4 is 11.4 Å². The molecule has 22 heavy (non-hydrogen) atoms. The molecule has 0 aromatic rings. The predicted molar refractivity (Wildman–Crippen MR) is 94.7 cm³/mol. The van der Waals surface area contributed by atoms with Crippen LogP contribution in [0.2, 0.25) is 0 Å². The molecule has 4 nitrogen and oxygen atoms in total. The Morgan fingerprint density at radius 2 is 1.82 bits per heavy atom. The number of imidazole rings is 1. The highest BCUT2D eigenvalue weighted by atomic mass is 32.2. The van der Waals surface area contributed by atoms with E-state index >= 15 is 0 Å². The average Bonchev–Trinajstić information content (AvgIpc) is 2.74. The van der Waals surface area contributed by atoms with Crippen LogP contribution in [0.4, 0.5) is 5.82 Å². The molecule has 6 heteroatoms. The maximum atomic E-state index is 12.1. The van der Waals surface area contributed by atoms with Crippen molar-refractivity contribution >= 4 is 28.9 Å². The van der Waals surface area contributed by atoms with Crippen molar-refractivity contribution in [3.05, 3.63) is 21.1 Å². The zero-order valence-corrected chi connectivity index (χ0v) is 14.9. The molecule has 0 spiro atoms. The monoisotopic (exact) mass is 337 g/mol. The summed E-state index contributed by atoms with van der Waals surface area (Å²) in [5.74, 6) is 0.373. The minimum Gasteiger partial charge on any atom is -0.382 e. The second-order valence-electron chi connectivity index (χ2n) is 6.08. The van der Waals surface area contributed by atoms with Gasteiger partial charge in [-0.25, -0.2) is 4.79 Å². The molecule has 120 valence electrons. The minimum absolute atomic E-state index is 0.250. The lowest BCUT2D eigenvalue weighted by Gasteiger charge is -2.21. The fraction of sp³-hybridized carbons (Fsp3) is 0.625. The SMILES string of the molecule is Cc1sc(SC2CCCCCCC2)c2c(N)nc(=O)n-2c1C. The topological polar surface area (TPSA) is 60.9 Å². The summed E-state index contributed by atoms with van der Waals surface area (Å²) in [6.45, 7) is 4.03. The third kappa shape index (κ3) is 3.04. The van der Waals surface area contributed by atoms with Crippen molar-refractivity contribution in [1.82, 2.24) is 9.55 Å². The highest BCUT2D eigenvalue weighted by Gasteiger charge is 2.24. The summed E-state index contributed by atoms with van der Waals surface area (Å²) in [5, 5.41) is 0.631. The molecule has 2 heterocycles. The van der Waals surface area contributed by atoms with E-state index in [0.29, 0.717) is 11.1 Å². The molecule has 3 aliphatic rings. The summed E-state index contributed by atoms with van der Waals surface area (Å²) >= 11 is 3.66. The van der Waals surface area contributed by atoms with E-state index in [9.17, 15) is 4.79 Å². The maximum absolute atomic E-state index is 12.1. The second-order valence-corrected chi connectivity index (χ2v) is 8.87. The number of nitrogen functional groups attached to an aromatic ring is 1. The number of thioether (sulfide) groups is 1. The van der Waals surface area contributed by atoms with E-state index in [2.05, 4.69) is 11.9 Å². The molecule has 0 saturated heterocycles. The van der Waals surface area contributed by atoms with Gasteiger partial charge in [0.2, 0.25) is 0 Å². The quantitative estimate of drug-likeness (QED) is 0.895. The van der Waals surface area contributed by atoms with Gasteiger partial charge in [0.15, 0.2) is 5.82 Å². The van der Waals surface area contributed by atoms with Crippen LogP contribution in [0.25, 0.3) is 5.69 Å². The lowest BCUT2D eigenvalue weighted by atomic mass is 10.0. The first-order valence-corrected chi connectivity index (χ1v) is 9.72. The Labute approximate surface area is 139 Å². The third-order valence-electron chi connectivity index (χ3n) is 4.48. The maximum Gasteiger partial charge on any atom is 0.354 e. The smallest absolute Gasteiger partial charge is 0.354 e. The first-order valence-electron chi connectivity index (χ1n) is 8.03. The molecule has 3 rings (SSSR count). The number of anilines is 1. The standard InChI is InChI=1S/C16H23N3OS2/c1-10-11(2)21-15(13-14(17)18-16(20)19(10)13)22-12-8-6-4-3-5-7-9-12/h12H,3-9H2,1-2H3,(H2,17,18,20). The normalized spacial score (nSPS) is 17.5. The van der Waals surface area contributed by atoms with Gasteiger partial charge < -0.3 is 5.73 Å². The van der Waals surface area contributed by atoms with E-state index in [4.69, 9.17) is 5.73 Å². The number of rotatable bonds is 2. The van der Waals surface area contributed by atoms with E-state index in [-0.39, 0.29) is 5.69 Å². The molecule has 0 aromatic heterocycles. The van der Waals surface area contributed by atoms with E-state index in [1.807, 2.05) is 18.7 Å². The fourth-order valence-corrected chi connectivity index (χ4v) is 6.07. The third-order valence-corrected chi connectivity index (χ3v) is 7.21. The van der Waals surface area contributed by atoms with Crippen molar-refractivity contribution in [1.29, 1.82) is 0 Å². The van der Waals surface area contributed by atoms with E-state index < -0.39 is 0 Å². The molecule has 0 amide bonds. The van der Waals surface area contributed by atoms with Crippen LogP contribution in [0.15, 0.2) is 9.00 Å². The number of aryl methyl sites for hydroxylation is 1. The Morgan fingerprint density at radius 1 is 1.18 bits per heavy atom. The Kier molecular flexibility index (Phi) is 4.78. The molecule has 0 unspecified atom stereocenters. The molecule has 0 radical (unpaired) electrons. The molecular formula is C16H23N3OS2. The van der Waals surface area contributed by atoms with E-state index in [0.717, 1.165) is 20.5 Å². The van der Waals surface area contributed by atoms with Gasteiger partial charge in [-0.15, -0.1) is 23.1 Å². The number of nitrogens with two attached hydrogens (primary N) is 1. The van der Waals surface area contributed by atoms with Gasteiger partial charge >= 0.3 is 5.69 Å². The van der Waals surface area contributed by atoms with Gasteiger partial charge in [0.05, 0.1) is 4.21 Å². The van der Waals surface area contributed by atoms with Gasteiger partial charge in [0.25, 0.3) is 0 Å². The average molecular weight is 338 g/mol. The van der Waals surface area contributed by atoms with E-state index in [1.165, 1.54) is 44.9 Å². The summed E-state index contributed by atoms with van der Waals surface area (Å²) in [4.78, 5) is 17.2. The van der Waals surface area contributed by atoms with Gasteiger partial charge in [0.1, 0.15) is 5.69 Å². The summed E-state index contributed by atoms with van der Waals surface area (Å²) in [6, 6.07) is 0. The summed E-state index contributed by atoms with van der Waals surface area (Å²) in [7, 11) is 0. The van der Waals surface area contributed by atoms with Gasteiger partial charge in [-0.3, -0.25) is 4.57 Å². The first-order chi connectivity index (χ1) is 10.6. The lowest BCUT2D eigenvalue weighted by molar-refractivity contribution is 0.513. The van der Waals surface area contributed by atoms with Crippen LogP contribution in [-0.4, -0.2) is 14.8 Å². The largest absolute Gasteiger partial charge is 0.382 e. The molecule has 0 bridgehead atoms. The van der Waals surface area contributed by atoms with E-state index in [1.54, 1.807) is 15.9 Å². The number of nitrogens with zero attached hydrogens (tertiary/aromatic N) is 2. The Bertz CT molecular complexity index is 684. The van der Waals surface area contributed by atoms with Crippen LogP contribution in [-0.2, 0) is 0 Å². The molecule has 1 fully saturated rings. The van der Waals surface area contributed by atoms with Gasteiger partial charge in [-0.2, -0.15) is 4.98 Å². The van der Waals surface area contributed by atoms with Crippen molar-refractivity contribution in [2.75, 3.05) is 5.73 Å². The van der Waals surface area contributed by atoms with Crippen molar-refractivity contribution < 1.29 is 0 Å². The van der Waals surface area contributed by atoms with Gasteiger partial charge in [-0.05, 0) is 26.7 Å².